The zero-order chi connectivity index (χ0) is 14.5. The minimum Gasteiger partial charge on any atom is -0.330 e. The molecule has 0 spiro atoms. The van der Waals surface area contributed by atoms with Crippen molar-refractivity contribution in [3.05, 3.63) is 70.5 Å². The Morgan fingerprint density at radius 1 is 1.15 bits per heavy atom. The summed E-state index contributed by atoms with van der Waals surface area (Å²) in [6, 6.07) is 12.0. The molecular formula is C17H18FNO. The predicted octanol–water partition coefficient (Wildman–Crippen LogP) is 3.06. The van der Waals surface area contributed by atoms with E-state index in [0.717, 1.165) is 23.1 Å². The second kappa shape index (κ2) is 6.44. The highest BCUT2D eigenvalue weighted by Gasteiger charge is 2.09. The summed E-state index contributed by atoms with van der Waals surface area (Å²) in [5.74, 6) is -0.233. The van der Waals surface area contributed by atoms with E-state index in [1.807, 2.05) is 31.2 Å². The van der Waals surface area contributed by atoms with Gasteiger partial charge in [0.25, 0.3) is 0 Å². The molecule has 0 saturated carbocycles. The highest BCUT2D eigenvalue weighted by molar-refractivity contribution is 5.97. The molecule has 0 radical (unpaired) electrons. The van der Waals surface area contributed by atoms with Gasteiger partial charge >= 0.3 is 0 Å². The van der Waals surface area contributed by atoms with E-state index in [0.29, 0.717) is 18.5 Å². The SMILES string of the molecule is Cc1cc(F)ccc1CC(=O)c1ccc(CCN)cc1. The third-order valence-electron chi connectivity index (χ3n) is 3.36. The van der Waals surface area contributed by atoms with Crippen LogP contribution in [0.5, 0.6) is 0 Å². The molecule has 104 valence electrons. The van der Waals surface area contributed by atoms with Crippen molar-refractivity contribution in [2.45, 2.75) is 19.8 Å². The minimum absolute atomic E-state index is 0.0407. The molecule has 0 amide bonds. The van der Waals surface area contributed by atoms with Gasteiger partial charge in [-0.25, -0.2) is 4.39 Å². The summed E-state index contributed by atoms with van der Waals surface area (Å²) >= 11 is 0. The number of benzene rings is 2. The highest BCUT2D eigenvalue weighted by atomic mass is 19.1. The van der Waals surface area contributed by atoms with Crippen molar-refractivity contribution in [2.24, 2.45) is 5.73 Å². The van der Waals surface area contributed by atoms with Crippen molar-refractivity contribution >= 4 is 5.78 Å². The summed E-state index contributed by atoms with van der Waals surface area (Å²) in [4.78, 5) is 12.2. The summed E-state index contributed by atoms with van der Waals surface area (Å²) in [5.41, 5.74) is 8.96. The maximum atomic E-state index is 13.0. The van der Waals surface area contributed by atoms with Crippen LogP contribution >= 0.6 is 0 Å². The molecule has 0 aliphatic heterocycles. The van der Waals surface area contributed by atoms with Crippen molar-refractivity contribution in [3.8, 4) is 0 Å². The van der Waals surface area contributed by atoms with Gasteiger partial charge in [0.15, 0.2) is 5.78 Å². The third-order valence-corrected chi connectivity index (χ3v) is 3.36. The lowest BCUT2D eigenvalue weighted by atomic mass is 9.98. The van der Waals surface area contributed by atoms with Gasteiger partial charge < -0.3 is 5.73 Å². The van der Waals surface area contributed by atoms with Crippen molar-refractivity contribution in [1.29, 1.82) is 0 Å². The molecule has 0 unspecified atom stereocenters. The number of Topliss-reactive ketones (excluding diaryl/α,β-unsaturated/α-hetero) is 1. The van der Waals surface area contributed by atoms with Gasteiger partial charge in [0.2, 0.25) is 0 Å². The van der Waals surface area contributed by atoms with Crippen LogP contribution in [0.15, 0.2) is 42.5 Å². The number of halogens is 1. The van der Waals surface area contributed by atoms with Crippen molar-refractivity contribution < 1.29 is 9.18 Å². The topological polar surface area (TPSA) is 43.1 Å². The predicted molar refractivity (Wildman–Crippen MR) is 78.4 cm³/mol. The molecule has 2 rings (SSSR count). The Kier molecular flexibility index (Phi) is 4.64. The van der Waals surface area contributed by atoms with Crippen LogP contribution in [-0.4, -0.2) is 12.3 Å². The van der Waals surface area contributed by atoms with Gasteiger partial charge in [-0.3, -0.25) is 4.79 Å². The first kappa shape index (κ1) is 14.4. The van der Waals surface area contributed by atoms with E-state index >= 15 is 0 Å². The molecule has 0 fully saturated rings. The van der Waals surface area contributed by atoms with Crippen LogP contribution in [0.3, 0.4) is 0 Å². The Labute approximate surface area is 118 Å². The monoisotopic (exact) mass is 271 g/mol. The zero-order valence-corrected chi connectivity index (χ0v) is 11.5. The molecule has 20 heavy (non-hydrogen) atoms. The van der Waals surface area contributed by atoms with Crippen LogP contribution in [0.4, 0.5) is 4.39 Å². The van der Waals surface area contributed by atoms with Crippen LogP contribution in [0.25, 0.3) is 0 Å². The summed E-state index contributed by atoms with van der Waals surface area (Å²) < 4.78 is 13.0. The Morgan fingerprint density at radius 3 is 2.45 bits per heavy atom. The van der Waals surface area contributed by atoms with E-state index in [2.05, 4.69) is 0 Å². The first-order chi connectivity index (χ1) is 9.60. The molecule has 0 aromatic heterocycles. The highest BCUT2D eigenvalue weighted by Crippen LogP contribution is 2.14. The van der Waals surface area contributed by atoms with Gasteiger partial charge in [0.05, 0.1) is 0 Å². The largest absolute Gasteiger partial charge is 0.330 e. The maximum absolute atomic E-state index is 13.0. The molecule has 2 nitrogen and oxygen atoms in total. The number of rotatable bonds is 5. The summed E-state index contributed by atoms with van der Waals surface area (Å²) in [6.45, 7) is 2.41. The van der Waals surface area contributed by atoms with Gasteiger partial charge in [0.1, 0.15) is 5.82 Å². The number of hydrogen-bond acceptors (Lipinski definition) is 2. The number of ketones is 1. The molecular weight excluding hydrogens is 253 g/mol. The van der Waals surface area contributed by atoms with Gasteiger partial charge in [-0.05, 0) is 48.7 Å². The molecule has 0 heterocycles. The lowest BCUT2D eigenvalue weighted by molar-refractivity contribution is 0.0992. The maximum Gasteiger partial charge on any atom is 0.167 e. The Morgan fingerprint density at radius 2 is 1.85 bits per heavy atom. The van der Waals surface area contributed by atoms with E-state index in [-0.39, 0.29) is 11.6 Å². The van der Waals surface area contributed by atoms with Crippen LogP contribution < -0.4 is 5.73 Å². The molecule has 0 atom stereocenters. The Bertz CT molecular complexity index is 605. The fourth-order valence-corrected chi connectivity index (χ4v) is 2.16. The molecule has 3 heteroatoms. The lowest BCUT2D eigenvalue weighted by Crippen LogP contribution is -2.06. The van der Waals surface area contributed by atoms with E-state index in [1.54, 1.807) is 6.07 Å². The molecule has 0 aliphatic rings. The number of hydrogen-bond donors (Lipinski definition) is 1. The average Bonchev–Trinajstić information content (AvgIpc) is 2.43. The van der Waals surface area contributed by atoms with E-state index in [9.17, 15) is 9.18 Å². The minimum atomic E-state index is -0.273. The van der Waals surface area contributed by atoms with Gasteiger partial charge in [-0.15, -0.1) is 0 Å². The van der Waals surface area contributed by atoms with E-state index in [1.165, 1.54) is 12.1 Å². The number of nitrogens with two attached hydrogens (primary N) is 1. The fraction of sp³-hybridized carbons (Fsp3) is 0.235. The Hall–Kier alpha value is -2.00. The third kappa shape index (κ3) is 3.52. The zero-order valence-electron chi connectivity index (χ0n) is 11.5. The van der Waals surface area contributed by atoms with Gasteiger partial charge in [-0.1, -0.05) is 30.3 Å². The number of carbonyl (C=O) groups is 1. The van der Waals surface area contributed by atoms with E-state index in [4.69, 9.17) is 5.73 Å². The molecule has 0 bridgehead atoms. The van der Waals surface area contributed by atoms with Gasteiger partial charge in [0, 0.05) is 12.0 Å². The van der Waals surface area contributed by atoms with Crippen LogP contribution in [0, 0.1) is 12.7 Å². The van der Waals surface area contributed by atoms with E-state index < -0.39 is 0 Å². The first-order valence-electron chi connectivity index (χ1n) is 6.67. The number of aryl methyl sites for hydroxylation is 1. The molecule has 2 aromatic carbocycles. The summed E-state index contributed by atoms with van der Waals surface area (Å²) in [7, 11) is 0. The smallest absolute Gasteiger partial charge is 0.167 e. The lowest BCUT2D eigenvalue weighted by Gasteiger charge is -2.06. The van der Waals surface area contributed by atoms with Crippen molar-refractivity contribution in [2.75, 3.05) is 6.54 Å². The standard InChI is InChI=1S/C17H18FNO/c1-12-10-16(18)7-6-15(12)11-17(20)14-4-2-13(3-5-14)8-9-19/h2-7,10H,8-9,11,19H2,1H3. The van der Waals surface area contributed by atoms with Gasteiger partial charge in [-0.2, -0.15) is 0 Å². The van der Waals surface area contributed by atoms with Crippen molar-refractivity contribution in [1.82, 2.24) is 0 Å². The average molecular weight is 271 g/mol. The molecule has 2 aromatic rings. The second-order valence-corrected chi connectivity index (χ2v) is 4.91. The Balaban J connectivity index is 2.11. The number of carbonyl (C=O) groups excluding carboxylic acids is 1. The summed E-state index contributed by atoms with van der Waals surface area (Å²) in [6.07, 6.45) is 1.11. The van der Waals surface area contributed by atoms with Crippen LogP contribution in [0.2, 0.25) is 0 Å². The normalized spacial score (nSPS) is 10.6. The molecule has 2 N–H and O–H groups in total. The fourth-order valence-electron chi connectivity index (χ4n) is 2.16. The molecule has 0 saturated heterocycles. The second-order valence-electron chi connectivity index (χ2n) is 4.91. The van der Waals surface area contributed by atoms with Crippen molar-refractivity contribution in [3.63, 3.8) is 0 Å². The first-order valence-corrected chi connectivity index (χ1v) is 6.67. The van der Waals surface area contributed by atoms with Crippen LogP contribution in [0.1, 0.15) is 27.0 Å². The molecule has 0 aliphatic carbocycles. The summed E-state index contributed by atoms with van der Waals surface area (Å²) in [5, 5.41) is 0. The quantitative estimate of drug-likeness (QED) is 0.849. The van der Waals surface area contributed by atoms with Crippen LogP contribution in [-0.2, 0) is 12.8 Å².